The van der Waals surface area contributed by atoms with E-state index in [0.29, 0.717) is 12.8 Å². The zero-order chi connectivity index (χ0) is 58.1. The number of aliphatic hydroxyl groups is 8. The fraction of sp³-hybridized carbons (Fsp3) is 0.894. The van der Waals surface area contributed by atoms with Gasteiger partial charge in [0.25, 0.3) is 0 Å². The first-order chi connectivity index (χ1) is 39.1. The van der Waals surface area contributed by atoms with Crippen LogP contribution < -0.4 is 5.32 Å². The molecule has 0 spiro atoms. The van der Waals surface area contributed by atoms with Crippen molar-refractivity contribution >= 4 is 5.91 Å². The zero-order valence-electron chi connectivity index (χ0n) is 50.8. The Bertz CT molecular complexity index is 1480. The molecule has 2 aliphatic heterocycles. The van der Waals surface area contributed by atoms with Crippen LogP contribution in [-0.4, -0.2) is 140 Å². The minimum absolute atomic E-state index is 0.255. The van der Waals surface area contributed by atoms with E-state index in [-0.39, 0.29) is 18.9 Å². The topological polar surface area (TPSA) is 228 Å². The Kier molecular flexibility index (Phi) is 47.9. The van der Waals surface area contributed by atoms with E-state index >= 15 is 0 Å². The summed E-state index contributed by atoms with van der Waals surface area (Å²) in [5, 5.41) is 87.2. The summed E-state index contributed by atoms with van der Waals surface area (Å²) in [6, 6.07) is -0.936. The monoisotopic (exact) mass is 1140 g/mol. The molecule has 0 aliphatic carbocycles. The van der Waals surface area contributed by atoms with Crippen molar-refractivity contribution in [3.8, 4) is 0 Å². The molecule has 2 heterocycles. The Balaban J connectivity index is 1.70. The highest BCUT2D eigenvalue weighted by molar-refractivity contribution is 5.76. The van der Waals surface area contributed by atoms with Gasteiger partial charge in [-0.15, -0.1) is 0 Å². The van der Waals surface area contributed by atoms with E-state index in [2.05, 4.69) is 43.5 Å². The van der Waals surface area contributed by atoms with Gasteiger partial charge in [-0.25, -0.2) is 0 Å². The molecule has 12 atom stereocenters. The minimum atomic E-state index is -1.79. The van der Waals surface area contributed by atoms with Gasteiger partial charge in [0.1, 0.15) is 48.8 Å². The molecule has 2 aliphatic rings. The number of aliphatic hydroxyl groups excluding tert-OH is 8. The van der Waals surface area contributed by atoms with Crippen molar-refractivity contribution < 1.29 is 64.6 Å². The van der Waals surface area contributed by atoms with Crippen molar-refractivity contribution in [1.82, 2.24) is 5.32 Å². The molecule has 0 aromatic carbocycles. The Hall–Kier alpha value is -1.79. The molecule has 0 aromatic rings. The van der Waals surface area contributed by atoms with Gasteiger partial charge in [-0.2, -0.15) is 0 Å². The van der Waals surface area contributed by atoms with Gasteiger partial charge >= 0.3 is 0 Å². The highest BCUT2D eigenvalue weighted by atomic mass is 16.7. The maximum Gasteiger partial charge on any atom is 0.220 e. The number of ether oxygens (including phenoxy) is 4. The third-order valence-electron chi connectivity index (χ3n) is 16.3. The first-order valence-corrected chi connectivity index (χ1v) is 33.2. The number of unbranched alkanes of at least 4 members (excludes halogenated alkanes) is 37. The molecule has 14 nitrogen and oxygen atoms in total. The van der Waals surface area contributed by atoms with Crippen LogP contribution in [0.4, 0.5) is 0 Å². The molecule has 0 aromatic heterocycles. The second-order valence-electron chi connectivity index (χ2n) is 23.6. The molecular weight excluding hydrogens is 1010 g/mol. The summed E-state index contributed by atoms with van der Waals surface area (Å²) in [6.45, 7) is 2.80. The second-order valence-corrected chi connectivity index (χ2v) is 23.6. The lowest BCUT2D eigenvalue weighted by atomic mass is 9.97. The molecule has 0 radical (unpaired) electrons. The summed E-state index contributed by atoms with van der Waals surface area (Å²) >= 11 is 0. The van der Waals surface area contributed by atoms with Crippen LogP contribution in [0.25, 0.3) is 0 Å². The largest absolute Gasteiger partial charge is 0.394 e. The molecule has 2 fully saturated rings. The number of rotatable bonds is 54. The maximum absolute atomic E-state index is 13.3. The van der Waals surface area contributed by atoms with E-state index in [0.717, 1.165) is 51.4 Å². The van der Waals surface area contributed by atoms with Crippen molar-refractivity contribution in [3.05, 3.63) is 36.5 Å². The standard InChI is InChI=1S/C66H123NO13/c1-3-5-7-9-11-13-15-17-19-21-22-23-24-25-26-27-28-29-30-31-32-33-34-35-37-39-41-43-45-47-49-55(70)54(67-58(71)50-48-46-44-42-40-38-36-20-18-16-14-12-10-8-6-4-2)53-77-65-63(76)61(74)64(57(52-69)79-65)80-66-62(75)60(73)59(72)56(51-68)78-66/h20,36,39,41,47,49,54-57,59-66,68-70,72-76H,3-19,21-35,37-38,40,42-46,48,50-53H2,1-2H3,(H,67,71)/b36-20-,41-39+,49-47+. The smallest absolute Gasteiger partial charge is 0.220 e. The van der Waals surface area contributed by atoms with E-state index in [1.807, 2.05) is 6.08 Å². The average Bonchev–Trinajstić information content (AvgIpc) is 3.46. The third kappa shape index (κ3) is 36.1. The van der Waals surface area contributed by atoms with Gasteiger partial charge in [0.2, 0.25) is 5.91 Å². The van der Waals surface area contributed by atoms with Crippen molar-refractivity contribution in [3.63, 3.8) is 0 Å². The quantitative estimate of drug-likeness (QED) is 0.0204. The molecule has 9 N–H and O–H groups in total. The van der Waals surface area contributed by atoms with Gasteiger partial charge in [0, 0.05) is 6.42 Å². The fourth-order valence-electron chi connectivity index (χ4n) is 11.0. The minimum Gasteiger partial charge on any atom is -0.394 e. The summed E-state index contributed by atoms with van der Waals surface area (Å²) in [5.41, 5.74) is 0. The highest BCUT2D eigenvalue weighted by Gasteiger charge is 2.51. The SMILES string of the molecule is CCCCCCCCC/C=C\CCCCCCCC(=O)NC(COC1OC(CO)C(OC2OC(CO)C(O)C(O)C2O)C(O)C1O)C(O)/C=C/CC/C=C/CCCCCCCCCCCCCCCCCCCCCCCCCC. The number of hydrogen-bond acceptors (Lipinski definition) is 13. The van der Waals surface area contributed by atoms with Crippen LogP contribution in [0.15, 0.2) is 36.5 Å². The summed E-state index contributed by atoms with van der Waals surface area (Å²) in [7, 11) is 0. The Morgan fingerprint density at radius 2 is 0.800 bits per heavy atom. The number of amides is 1. The number of nitrogens with one attached hydrogen (secondary N) is 1. The van der Waals surface area contributed by atoms with Crippen molar-refractivity contribution in [2.45, 2.75) is 357 Å². The molecule has 14 heteroatoms. The first kappa shape index (κ1) is 74.3. The summed E-state index contributed by atoms with van der Waals surface area (Å²) < 4.78 is 22.8. The van der Waals surface area contributed by atoms with Gasteiger partial charge in [-0.3, -0.25) is 4.79 Å². The van der Waals surface area contributed by atoms with Crippen molar-refractivity contribution in [2.75, 3.05) is 19.8 Å². The predicted octanol–water partition coefficient (Wildman–Crippen LogP) is 12.6. The molecule has 2 rings (SSSR count). The van der Waals surface area contributed by atoms with Gasteiger partial charge in [-0.05, 0) is 57.8 Å². The predicted molar refractivity (Wildman–Crippen MR) is 323 cm³/mol. The van der Waals surface area contributed by atoms with E-state index in [1.54, 1.807) is 6.08 Å². The third-order valence-corrected chi connectivity index (χ3v) is 16.3. The Labute approximate surface area is 487 Å². The second kappa shape index (κ2) is 51.6. The van der Waals surface area contributed by atoms with E-state index in [1.165, 1.54) is 199 Å². The van der Waals surface area contributed by atoms with Crippen LogP contribution in [0.5, 0.6) is 0 Å². The van der Waals surface area contributed by atoms with Crippen LogP contribution in [0.2, 0.25) is 0 Å². The lowest BCUT2D eigenvalue weighted by Gasteiger charge is -2.46. The van der Waals surface area contributed by atoms with E-state index in [9.17, 15) is 45.6 Å². The van der Waals surface area contributed by atoms with E-state index < -0.39 is 86.8 Å². The first-order valence-electron chi connectivity index (χ1n) is 33.2. The van der Waals surface area contributed by atoms with Gasteiger partial charge < -0.3 is 65.1 Å². The average molecular weight is 1140 g/mol. The lowest BCUT2D eigenvalue weighted by molar-refractivity contribution is -0.359. The summed E-state index contributed by atoms with van der Waals surface area (Å²) in [4.78, 5) is 13.3. The van der Waals surface area contributed by atoms with Crippen molar-refractivity contribution in [1.29, 1.82) is 0 Å². The maximum atomic E-state index is 13.3. The molecule has 12 unspecified atom stereocenters. The van der Waals surface area contributed by atoms with Gasteiger partial charge in [-0.1, -0.05) is 256 Å². The van der Waals surface area contributed by atoms with Crippen LogP contribution in [0, 0.1) is 0 Å². The summed E-state index contributed by atoms with van der Waals surface area (Å²) in [6.07, 6.45) is 47.8. The molecule has 0 bridgehead atoms. The van der Waals surface area contributed by atoms with Crippen LogP contribution >= 0.6 is 0 Å². The van der Waals surface area contributed by atoms with Crippen LogP contribution in [0.1, 0.15) is 284 Å². The molecular formula is C66H123NO13. The normalized spacial score (nSPS) is 24.4. The van der Waals surface area contributed by atoms with Gasteiger partial charge in [0.15, 0.2) is 12.6 Å². The van der Waals surface area contributed by atoms with Crippen molar-refractivity contribution in [2.24, 2.45) is 0 Å². The van der Waals surface area contributed by atoms with E-state index in [4.69, 9.17) is 18.9 Å². The Morgan fingerprint density at radius 3 is 1.23 bits per heavy atom. The van der Waals surface area contributed by atoms with Gasteiger partial charge in [0.05, 0.1) is 32.0 Å². The molecule has 2 saturated heterocycles. The molecule has 470 valence electrons. The van der Waals surface area contributed by atoms with Crippen LogP contribution in [0.3, 0.4) is 0 Å². The van der Waals surface area contributed by atoms with Crippen LogP contribution in [-0.2, 0) is 23.7 Å². The molecule has 1 amide bonds. The number of hydrogen-bond donors (Lipinski definition) is 9. The number of carbonyl (C=O) groups excluding carboxylic acids is 1. The lowest BCUT2D eigenvalue weighted by Crippen LogP contribution is -2.65. The summed E-state index contributed by atoms with van der Waals surface area (Å²) in [5.74, 6) is -0.255. The fourth-order valence-corrected chi connectivity index (χ4v) is 11.0. The molecule has 80 heavy (non-hydrogen) atoms. The zero-order valence-corrected chi connectivity index (χ0v) is 50.8. The highest BCUT2D eigenvalue weighted by Crippen LogP contribution is 2.30. The number of carbonyl (C=O) groups is 1. The Morgan fingerprint density at radius 1 is 0.438 bits per heavy atom. The molecule has 0 saturated carbocycles. The number of allylic oxidation sites excluding steroid dienone is 5.